The molecular weight excluding hydrogens is 448 g/mol. The Bertz CT molecular complexity index is 687. The highest BCUT2D eigenvalue weighted by atomic mass is 16.5. The molecule has 3 N–H and O–H groups in total. The summed E-state index contributed by atoms with van der Waals surface area (Å²) in [4.78, 5) is 43.2. The molecule has 1 heterocycles. The Morgan fingerprint density at radius 3 is 2.17 bits per heavy atom. The number of likely N-dealkylation sites (N-methyl/N-ethyl adjacent to an activating group) is 2. The summed E-state index contributed by atoms with van der Waals surface area (Å²) in [5, 5.41) is 15.6. The molecular formula is C26H50N4O5. The van der Waals surface area contributed by atoms with Gasteiger partial charge in [-0.15, -0.1) is 0 Å². The van der Waals surface area contributed by atoms with Crippen LogP contribution in [0.3, 0.4) is 0 Å². The van der Waals surface area contributed by atoms with Crippen molar-refractivity contribution in [2.45, 2.75) is 97.5 Å². The Kier molecular flexibility index (Phi) is 13.2. The quantitative estimate of drug-likeness (QED) is 0.336. The van der Waals surface area contributed by atoms with Gasteiger partial charge >= 0.3 is 0 Å². The Morgan fingerprint density at radius 2 is 1.71 bits per heavy atom. The summed E-state index contributed by atoms with van der Waals surface area (Å²) in [5.41, 5.74) is 0. The first-order valence-electron chi connectivity index (χ1n) is 13.1. The first kappa shape index (κ1) is 31.3. The molecule has 0 aromatic carbocycles. The van der Waals surface area contributed by atoms with E-state index in [1.54, 1.807) is 31.0 Å². The van der Waals surface area contributed by atoms with E-state index in [2.05, 4.69) is 24.5 Å². The molecule has 35 heavy (non-hydrogen) atoms. The second kappa shape index (κ2) is 14.8. The van der Waals surface area contributed by atoms with Gasteiger partial charge in [0.05, 0.1) is 37.3 Å². The van der Waals surface area contributed by atoms with Gasteiger partial charge in [-0.3, -0.25) is 14.4 Å². The normalized spacial score (nSPS) is 20.5. The summed E-state index contributed by atoms with van der Waals surface area (Å²) in [6, 6.07) is -1.59. The van der Waals surface area contributed by atoms with E-state index in [0.717, 1.165) is 19.3 Å². The number of carbonyl (C=O) groups is 3. The number of hydrogen-bond acceptors (Lipinski definition) is 6. The fourth-order valence-electron chi connectivity index (χ4n) is 5.12. The number of amides is 3. The Labute approximate surface area is 212 Å². The number of nitrogens with zero attached hydrogens (tertiary/aromatic N) is 2. The summed E-state index contributed by atoms with van der Waals surface area (Å²) in [6.45, 7) is 12.4. The zero-order chi connectivity index (χ0) is 26.9. The number of likely N-dealkylation sites (tertiary alicyclic amines) is 1. The van der Waals surface area contributed by atoms with E-state index in [1.165, 1.54) is 0 Å². The molecule has 0 saturated carbocycles. The number of hydrogen-bond donors (Lipinski definition) is 3. The third kappa shape index (κ3) is 8.15. The number of methoxy groups -OCH3 is 1. The van der Waals surface area contributed by atoms with Crippen LogP contribution >= 0.6 is 0 Å². The first-order valence-corrected chi connectivity index (χ1v) is 13.1. The molecule has 9 heteroatoms. The highest BCUT2D eigenvalue weighted by molar-refractivity contribution is 5.90. The number of aliphatic hydroxyl groups excluding tert-OH is 1. The number of nitrogens with one attached hydrogen (secondary N) is 2. The number of aliphatic hydroxyl groups is 1. The molecule has 0 aromatic heterocycles. The molecule has 6 atom stereocenters. The highest BCUT2D eigenvalue weighted by Crippen LogP contribution is 2.25. The van der Waals surface area contributed by atoms with Gasteiger partial charge in [-0.05, 0) is 37.6 Å². The maximum absolute atomic E-state index is 13.7. The third-order valence-electron chi connectivity index (χ3n) is 7.48. The fourth-order valence-corrected chi connectivity index (χ4v) is 5.12. The first-order chi connectivity index (χ1) is 16.4. The van der Waals surface area contributed by atoms with Gasteiger partial charge in [-0.25, -0.2) is 0 Å². The summed E-state index contributed by atoms with van der Waals surface area (Å²) in [7, 11) is 5.05. The van der Waals surface area contributed by atoms with Crippen molar-refractivity contribution in [3.63, 3.8) is 0 Å². The van der Waals surface area contributed by atoms with Crippen molar-refractivity contribution >= 4 is 17.7 Å². The molecule has 0 unspecified atom stereocenters. The van der Waals surface area contributed by atoms with Gasteiger partial charge < -0.3 is 30.3 Å². The van der Waals surface area contributed by atoms with Crippen LogP contribution in [0.2, 0.25) is 0 Å². The Hall–Kier alpha value is -1.71. The van der Waals surface area contributed by atoms with E-state index >= 15 is 0 Å². The molecule has 0 aliphatic carbocycles. The van der Waals surface area contributed by atoms with Crippen LogP contribution in [0, 0.1) is 17.8 Å². The SMILES string of the molecule is CC[C@H](C)[C@@H]([C@@H](CC(=O)N1CCC[C@H]1CO)OC)N(C)C(=O)[C@@H](NC(=O)[C@@H](NC)C(C)C)C(C)C. The molecule has 1 saturated heterocycles. The van der Waals surface area contributed by atoms with Crippen molar-refractivity contribution in [1.82, 2.24) is 20.4 Å². The Morgan fingerprint density at radius 1 is 1.11 bits per heavy atom. The lowest BCUT2D eigenvalue weighted by molar-refractivity contribution is -0.146. The number of rotatable bonds is 14. The molecule has 0 spiro atoms. The van der Waals surface area contributed by atoms with Crippen molar-refractivity contribution in [3.8, 4) is 0 Å². The molecule has 0 bridgehead atoms. The van der Waals surface area contributed by atoms with Crippen molar-refractivity contribution in [2.75, 3.05) is 34.4 Å². The van der Waals surface area contributed by atoms with Gasteiger partial charge in [-0.1, -0.05) is 48.0 Å². The average Bonchev–Trinajstić information content (AvgIpc) is 3.30. The van der Waals surface area contributed by atoms with Crippen LogP contribution in [-0.2, 0) is 19.1 Å². The predicted molar refractivity (Wildman–Crippen MR) is 138 cm³/mol. The van der Waals surface area contributed by atoms with Crippen LogP contribution in [0.15, 0.2) is 0 Å². The molecule has 3 amide bonds. The molecule has 204 valence electrons. The summed E-state index contributed by atoms with van der Waals surface area (Å²) in [5.74, 6) is -0.436. The monoisotopic (exact) mass is 498 g/mol. The summed E-state index contributed by atoms with van der Waals surface area (Å²) in [6.07, 6.45) is 2.10. The maximum atomic E-state index is 13.7. The molecule has 0 aromatic rings. The van der Waals surface area contributed by atoms with Gasteiger partial charge in [0.15, 0.2) is 0 Å². The Balaban J connectivity index is 3.14. The lowest BCUT2D eigenvalue weighted by atomic mass is 9.89. The summed E-state index contributed by atoms with van der Waals surface area (Å²) >= 11 is 0. The maximum Gasteiger partial charge on any atom is 0.245 e. The smallest absolute Gasteiger partial charge is 0.245 e. The van der Waals surface area contributed by atoms with Crippen molar-refractivity contribution in [2.24, 2.45) is 17.8 Å². The van der Waals surface area contributed by atoms with E-state index < -0.39 is 18.2 Å². The molecule has 0 radical (unpaired) electrons. The topological polar surface area (TPSA) is 111 Å². The number of ether oxygens (including phenoxy) is 1. The third-order valence-corrected chi connectivity index (χ3v) is 7.48. The zero-order valence-corrected chi connectivity index (χ0v) is 23.3. The van der Waals surface area contributed by atoms with Crippen LogP contribution in [0.5, 0.6) is 0 Å². The minimum Gasteiger partial charge on any atom is -0.394 e. The van der Waals surface area contributed by atoms with Crippen LogP contribution in [0.4, 0.5) is 0 Å². The van der Waals surface area contributed by atoms with Gasteiger partial charge in [-0.2, -0.15) is 0 Å². The van der Waals surface area contributed by atoms with Gasteiger partial charge in [0, 0.05) is 20.7 Å². The van der Waals surface area contributed by atoms with E-state index in [1.807, 2.05) is 27.7 Å². The molecule has 1 rings (SSSR count). The lowest BCUT2D eigenvalue weighted by Crippen LogP contribution is -2.59. The van der Waals surface area contributed by atoms with Crippen molar-refractivity contribution in [1.29, 1.82) is 0 Å². The van der Waals surface area contributed by atoms with Gasteiger partial charge in [0.2, 0.25) is 17.7 Å². The second-order valence-electron chi connectivity index (χ2n) is 10.6. The zero-order valence-electron chi connectivity index (χ0n) is 23.3. The summed E-state index contributed by atoms with van der Waals surface area (Å²) < 4.78 is 5.81. The largest absolute Gasteiger partial charge is 0.394 e. The minimum absolute atomic E-state index is 0.0453. The highest BCUT2D eigenvalue weighted by Gasteiger charge is 2.39. The number of carbonyl (C=O) groups excluding carboxylic acids is 3. The molecule has 1 aliphatic heterocycles. The standard InChI is InChI=1S/C26H50N4O5/c1-10-18(6)24(20(35-9)14-21(32)30-13-11-12-19(30)15-31)29(8)26(34)23(17(4)5)28-25(33)22(27-7)16(2)3/h16-20,22-24,27,31H,10-15H2,1-9H3,(H,28,33)/t18-,19-,20+,22-,23-,24-/m0/s1. The molecule has 1 fully saturated rings. The van der Waals surface area contributed by atoms with Crippen LogP contribution in [-0.4, -0.2) is 97.3 Å². The lowest BCUT2D eigenvalue weighted by Gasteiger charge is -2.40. The van der Waals surface area contributed by atoms with E-state index in [4.69, 9.17) is 4.74 Å². The van der Waals surface area contributed by atoms with Crippen LogP contribution in [0.25, 0.3) is 0 Å². The van der Waals surface area contributed by atoms with Crippen molar-refractivity contribution in [3.05, 3.63) is 0 Å². The van der Waals surface area contributed by atoms with E-state index in [-0.39, 0.29) is 60.6 Å². The molecule has 9 nitrogen and oxygen atoms in total. The van der Waals surface area contributed by atoms with Crippen LogP contribution in [0.1, 0.15) is 67.2 Å². The van der Waals surface area contributed by atoms with Gasteiger partial charge in [0.1, 0.15) is 6.04 Å². The predicted octanol–water partition coefficient (Wildman–Crippen LogP) is 1.63. The minimum atomic E-state index is -0.695. The van der Waals surface area contributed by atoms with E-state index in [0.29, 0.717) is 6.54 Å². The van der Waals surface area contributed by atoms with E-state index in [9.17, 15) is 19.5 Å². The second-order valence-corrected chi connectivity index (χ2v) is 10.6. The molecule has 1 aliphatic rings. The van der Waals surface area contributed by atoms with Gasteiger partial charge in [0.25, 0.3) is 0 Å². The van der Waals surface area contributed by atoms with Crippen LogP contribution < -0.4 is 10.6 Å². The average molecular weight is 499 g/mol. The van der Waals surface area contributed by atoms with Crippen molar-refractivity contribution < 1.29 is 24.2 Å². The fraction of sp³-hybridized carbons (Fsp3) is 0.885.